The van der Waals surface area contributed by atoms with E-state index in [9.17, 15) is 10.2 Å². The molecular weight excluding hydrogens is 440 g/mol. The second-order valence-corrected chi connectivity index (χ2v) is 10.0. The maximum atomic E-state index is 10.2. The predicted molar refractivity (Wildman–Crippen MR) is 134 cm³/mol. The molecule has 0 saturated carbocycles. The minimum Gasteiger partial charge on any atom is -0.490 e. The van der Waals surface area contributed by atoms with Crippen LogP contribution in [0.2, 0.25) is 0 Å². The van der Waals surface area contributed by atoms with Crippen LogP contribution in [0, 0.1) is 6.92 Å². The highest BCUT2D eigenvalue weighted by Gasteiger charge is 2.36. The van der Waals surface area contributed by atoms with Crippen LogP contribution in [0.1, 0.15) is 59.3 Å². The van der Waals surface area contributed by atoms with Crippen LogP contribution in [-0.4, -0.2) is 35.6 Å². The van der Waals surface area contributed by atoms with Crippen molar-refractivity contribution in [2.75, 3.05) is 13.2 Å². The van der Waals surface area contributed by atoms with Gasteiger partial charge in [0.25, 0.3) is 0 Å². The van der Waals surface area contributed by atoms with E-state index in [0.717, 1.165) is 17.7 Å². The first-order valence-corrected chi connectivity index (χ1v) is 12.4. The summed E-state index contributed by atoms with van der Waals surface area (Å²) in [5, 5.41) is 19.7. The number of hydrogen-bond donors (Lipinski definition) is 2. The van der Waals surface area contributed by atoms with Gasteiger partial charge < -0.3 is 24.4 Å². The predicted octanol–water partition coefficient (Wildman–Crippen LogP) is 4.98. The van der Waals surface area contributed by atoms with Gasteiger partial charge in [0, 0.05) is 12.8 Å². The normalized spacial score (nSPS) is 25.9. The summed E-state index contributed by atoms with van der Waals surface area (Å²) in [6.45, 7) is 5.22. The summed E-state index contributed by atoms with van der Waals surface area (Å²) in [5.74, 6) is 0.827. The third kappa shape index (κ3) is 5.29. The number of rotatable bonds is 7. The van der Waals surface area contributed by atoms with E-state index in [1.807, 2.05) is 24.3 Å². The molecule has 0 spiro atoms. The molecule has 4 atom stereocenters. The van der Waals surface area contributed by atoms with Gasteiger partial charge in [0.1, 0.15) is 18.0 Å². The van der Waals surface area contributed by atoms with Gasteiger partial charge in [-0.15, -0.1) is 0 Å². The van der Waals surface area contributed by atoms with E-state index in [4.69, 9.17) is 14.2 Å². The highest BCUT2D eigenvalue weighted by atomic mass is 16.5. The molecule has 4 unspecified atom stereocenters. The molecule has 3 aromatic carbocycles. The Labute approximate surface area is 207 Å². The van der Waals surface area contributed by atoms with Gasteiger partial charge in [-0.3, -0.25) is 0 Å². The lowest BCUT2D eigenvalue weighted by atomic mass is 9.92. The lowest BCUT2D eigenvalue weighted by molar-refractivity contribution is -0.113. The fourth-order valence-corrected chi connectivity index (χ4v) is 5.15. The number of hydrogen-bond acceptors (Lipinski definition) is 5. The minimum absolute atomic E-state index is 0.0709. The molecule has 0 amide bonds. The molecule has 5 heteroatoms. The van der Waals surface area contributed by atoms with Gasteiger partial charge in [0.05, 0.1) is 31.5 Å². The number of aliphatic hydroxyl groups is 2. The van der Waals surface area contributed by atoms with Crippen LogP contribution >= 0.6 is 0 Å². The Morgan fingerprint density at radius 3 is 2.63 bits per heavy atom. The van der Waals surface area contributed by atoms with Gasteiger partial charge >= 0.3 is 0 Å². The largest absolute Gasteiger partial charge is 0.490 e. The Morgan fingerprint density at radius 2 is 1.83 bits per heavy atom. The molecule has 0 aromatic heterocycles. The van der Waals surface area contributed by atoms with Crippen molar-refractivity contribution in [1.82, 2.24) is 0 Å². The minimum atomic E-state index is -0.450. The van der Waals surface area contributed by atoms with E-state index in [1.54, 1.807) is 0 Å². The van der Waals surface area contributed by atoms with E-state index < -0.39 is 11.7 Å². The van der Waals surface area contributed by atoms with Crippen LogP contribution in [0.5, 0.6) is 5.75 Å². The Hall–Kier alpha value is -2.70. The highest BCUT2D eigenvalue weighted by molar-refractivity contribution is 5.39. The van der Waals surface area contributed by atoms with Crippen molar-refractivity contribution in [3.63, 3.8) is 0 Å². The van der Waals surface area contributed by atoms with Gasteiger partial charge in [-0.2, -0.15) is 0 Å². The number of benzene rings is 3. The molecule has 3 aromatic rings. The number of aliphatic hydroxyl groups excluding tert-OH is 2. The molecule has 0 aliphatic carbocycles. The standard InChI is InChI=1S/C30H34O5/c1-20-7-10-22(29-16-25(32)15-27(17-31)35-29)14-24(20)13-21-8-11-26(12-9-21)33-19-30(2)28-6-4-3-5-23(28)18-34-30/h3-12,14,25,27,29,31-32H,13,15-19H2,1-2H3. The Kier molecular flexibility index (Phi) is 6.94. The molecule has 2 heterocycles. The molecule has 1 saturated heterocycles. The number of aryl methyl sites for hydroxylation is 1. The van der Waals surface area contributed by atoms with Crippen molar-refractivity contribution in [2.45, 2.75) is 63.6 Å². The summed E-state index contributed by atoms with van der Waals surface area (Å²) in [7, 11) is 0. The molecule has 2 aliphatic rings. The maximum absolute atomic E-state index is 10.2. The average Bonchev–Trinajstić information content (AvgIpc) is 3.21. The summed E-state index contributed by atoms with van der Waals surface area (Å²) in [5.41, 5.74) is 6.68. The fourth-order valence-electron chi connectivity index (χ4n) is 5.15. The zero-order valence-electron chi connectivity index (χ0n) is 20.4. The zero-order valence-corrected chi connectivity index (χ0v) is 20.4. The summed E-state index contributed by atoms with van der Waals surface area (Å²) in [4.78, 5) is 0. The van der Waals surface area contributed by atoms with Gasteiger partial charge in [0.15, 0.2) is 0 Å². The fraction of sp³-hybridized carbons (Fsp3) is 0.400. The Bertz CT molecular complexity index is 1160. The summed E-state index contributed by atoms with van der Waals surface area (Å²) in [6.07, 6.45) is 0.874. The van der Waals surface area contributed by atoms with Crippen LogP contribution in [-0.2, 0) is 28.1 Å². The van der Waals surface area contributed by atoms with Crippen molar-refractivity contribution in [3.8, 4) is 5.75 Å². The average molecular weight is 475 g/mol. The molecule has 5 rings (SSSR count). The van der Waals surface area contributed by atoms with E-state index in [0.29, 0.717) is 26.1 Å². The quantitative estimate of drug-likeness (QED) is 0.505. The van der Waals surface area contributed by atoms with Crippen LogP contribution in [0.3, 0.4) is 0 Å². The molecule has 0 bridgehead atoms. The Morgan fingerprint density at radius 1 is 1.03 bits per heavy atom. The zero-order chi connectivity index (χ0) is 24.4. The summed E-state index contributed by atoms with van der Waals surface area (Å²) in [6, 6.07) is 22.9. The maximum Gasteiger partial charge on any atom is 0.125 e. The monoisotopic (exact) mass is 474 g/mol. The van der Waals surface area contributed by atoms with Crippen LogP contribution in [0.4, 0.5) is 0 Å². The van der Waals surface area contributed by atoms with Gasteiger partial charge in [0.2, 0.25) is 0 Å². The summed E-state index contributed by atoms with van der Waals surface area (Å²) < 4.78 is 18.2. The van der Waals surface area contributed by atoms with Gasteiger partial charge in [-0.25, -0.2) is 0 Å². The topological polar surface area (TPSA) is 68.2 Å². The second kappa shape index (κ2) is 10.1. The van der Waals surface area contributed by atoms with Crippen LogP contribution in [0.25, 0.3) is 0 Å². The molecule has 5 nitrogen and oxygen atoms in total. The molecule has 0 radical (unpaired) electrons. The SMILES string of the molecule is Cc1ccc(C2CC(O)CC(CO)O2)cc1Cc1ccc(OCC2(C)OCc3ccccc32)cc1. The first kappa shape index (κ1) is 24.0. The van der Waals surface area contributed by atoms with E-state index in [-0.39, 0.29) is 18.8 Å². The first-order valence-electron chi connectivity index (χ1n) is 12.4. The van der Waals surface area contributed by atoms with E-state index >= 15 is 0 Å². The molecular formula is C30H34O5. The Balaban J connectivity index is 1.24. The van der Waals surface area contributed by atoms with Crippen molar-refractivity contribution in [3.05, 3.63) is 100 Å². The number of fused-ring (bicyclic) bond motifs is 1. The highest BCUT2D eigenvalue weighted by Crippen LogP contribution is 2.37. The second-order valence-electron chi connectivity index (χ2n) is 10.0. The van der Waals surface area contributed by atoms with Crippen LogP contribution in [0.15, 0.2) is 66.7 Å². The van der Waals surface area contributed by atoms with Gasteiger partial charge in [-0.05, 0) is 65.8 Å². The van der Waals surface area contributed by atoms with Crippen molar-refractivity contribution >= 4 is 0 Å². The van der Waals surface area contributed by atoms with Gasteiger partial charge in [-0.1, -0.05) is 54.6 Å². The molecule has 2 N–H and O–H groups in total. The third-order valence-corrected chi connectivity index (χ3v) is 7.29. The van der Waals surface area contributed by atoms with Crippen molar-refractivity contribution in [1.29, 1.82) is 0 Å². The molecule has 184 valence electrons. The number of ether oxygens (including phenoxy) is 3. The molecule has 1 fully saturated rings. The van der Waals surface area contributed by atoms with E-state index in [2.05, 4.69) is 56.3 Å². The van der Waals surface area contributed by atoms with Crippen LogP contribution < -0.4 is 4.74 Å². The summed E-state index contributed by atoms with van der Waals surface area (Å²) >= 11 is 0. The first-order chi connectivity index (χ1) is 16.9. The molecule has 2 aliphatic heterocycles. The third-order valence-electron chi connectivity index (χ3n) is 7.29. The lowest BCUT2D eigenvalue weighted by Crippen LogP contribution is -2.33. The lowest BCUT2D eigenvalue weighted by Gasteiger charge is -2.32. The van der Waals surface area contributed by atoms with Crippen molar-refractivity contribution in [2.24, 2.45) is 0 Å². The molecule has 35 heavy (non-hydrogen) atoms. The van der Waals surface area contributed by atoms with Crippen molar-refractivity contribution < 1.29 is 24.4 Å². The van der Waals surface area contributed by atoms with E-state index in [1.165, 1.54) is 27.8 Å². The smallest absolute Gasteiger partial charge is 0.125 e.